The van der Waals surface area contributed by atoms with Crippen molar-refractivity contribution in [1.29, 1.82) is 0 Å². The SMILES string of the molecule is COc1c(C(=O)Nc2ccc(N3CCOCC3)cc2)sc2ccc(Cl)cc12. The number of ether oxygens (including phenoxy) is 2. The molecule has 3 aromatic rings. The normalized spacial score (nSPS) is 14.4. The van der Waals surface area contributed by atoms with Crippen molar-refractivity contribution in [3.8, 4) is 5.75 Å². The molecule has 1 saturated heterocycles. The second kappa shape index (κ2) is 7.76. The molecule has 1 aromatic heterocycles. The molecule has 27 heavy (non-hydrogen) atoms. The molecular weight excluding hydrogens is 384 g/mol. The van der Waals surface area contributed by atoms with Crippen molar-refractivity contribution in [2.24, 2.45) is 0 Å². The molecule has 5 nitrogen and oxygen atoms in total. The number of fused-ring (bicyclic) bond motifs is 1. The molecule has 7 heteroatoms. The van der Waals surface area contributed by atoms with E-state index in [1.165, 1.54) is 11.3 Å². The van der Waals surface area contributed by atoms with Crippen LogP contribution in [-0.4, -0.2) is 39.3 Å². The highest BCUT2D eigenvalue weighted by atomic mass is 35.5. The molecule has 0 aliphatic carbocycles. The highest BCUT2D eigenvalue weighted by Gasteiger charge is 2.20. The van der Waals surface area contributed by atoms with Gasteiger partial charge in [0.1, 0.15) is 10.6 Å². The summed E-state index contributed by atoms with van der Waals surface area (Å²) in [6.45, 7) is 3.25. The summed E-state index contributed by atoms with van der Waals surface area (Å²) in [5.74, 6) is 0.364. The zero-order valence-electron chi connectivity index (χ0n) is 14.8. The zero-order valence-corrected chi connectivity index (χ0v) is 16.4. The third-order valence-electron chi connectivity index (χ3n) is 4.52. The van der Waals surface area contributed by atoms with E-state index >= 15 is 0 Å². The van der Waals surface area contributed by atoms with Crippen LogP contribution in [-0.2, 0) is 4.74 Å². The van der Waals surface area contributed by atoms with E-state index in [2.05, 4.69) is 10.2 Å². The highest BCUT2D eigenvalue weighted by Crippen LogP contribution is 2.39. The van der Waals surface area contributed by atoms with Gasteiger partial charge >= 0.3 is 0 Å². The Hall–Kier alpha value is -2.28. The monoisotopic (exact) mass is 402 g/mol. The summed E-state index contributed by atoms with van der Waals surface area (Å²) in [5, 5.41) is 4.42. The number of halogens is 1. The second-order valence-electron chi connectivity index (χ2n) is 6.21. The molecule has 4 rings (SSSR count). The average molecular weight is 403 g/mol. The van der Waals surface area contributed by atoms with E-state index in [1.807, 2.05) is 42.5 Å². The number of carbonyl (C=O) groups excluding carboxylic acids is 1. The molecule has 0 bridgehead atoms. The van der Waals surface area contributed by atoms with Gasteiger partial charge in [0.2, 0.25) is 0 Å². The van der Waals surface area contributed by atoms with Gasteiger partial charge < -0.3 is 19.7 Å². The van der Waals surface area contributed by atoms with Gasteiger partial charge in [0.15, 0.2) is 0 Å². The van der Waals surface area contributed by atoms with Crippen LogP contribution in [0.1, 0.15) is 9.67 Å². The number of hydrogen-bond donors (Lipinski definition) is 1. The number of carbonyl (C=O) groups is 1. The van der Waals surface area contributed by atoms with Gasteiger partial charge in [-0.1, -0.05) is 11.6 Å². The lowest BCUT2D eigenvalue weighted by Crippen LogP contribution is -2.36. The molecule has 140 valence electrons. The summed E-state index contributed by atoms with van der Waals surface area (Å²) in [6, 6.07) is 13.4. The quantitative estimate of drug-likeness (QED) is 0.690. The first-order valence-corrected chi connectivity index (χ1v) is 9.85. The summed E-state index contributed by atoms with van der Waals surface area (Å²) in [6.07, 6.45) is 0. The minimum atomic E-state index is -0.191. The highest BCUT2D eigenvalue weighted by molar-refractivity contribution is 7.21. The van der Waals surface area contributed by atoms with Crippen molar-refractivity contribution < 1.29 is 14.3 Å². The van der Waals surface area contributed by atoms with Crippen LogP contribution in [0.5, 0.6) is 5.75 Å². The molecule has 1 amide bonds. The minimum Gasteiger partial charge on any atom is -0.494 e. The molecule has 0 saturated carbocycles. The van der Waals surface area contributed by atoms with Crippen LogP contribution < -0.4 is 15.0 Å². The van der Waals surface area contributed by atoms with E-state index in [0.29, 0.717) is 15.6 Å². The number of hydrogen-bond acceptors (Lipinski definition) is 5. The van der Waals surface area contributed by atoms with Crippen LogP contribution in [0.2, 0.25) is 5.02 Å². The Morgan fingerprint density at radius 3 is 2.63 bits per heavy atom. The van der Waals surface area contributed by atoms with Crippen molar-refractivity contribution in [3.63, 3.8) is 0 Å². The third kappa shape index (κ3) is 3.74. The molecule has 0 unspecified atom stereocenters. The molecule has 0 radical (unpaired) electrons. The molecule has 1 fully saturated rings. The van der Waals surface area contributed by atoms with Gasteiger partial charge in [-0.15, -0.1) is 11.3 Å². The molecule has 2 aromatic carbocycles. The fourth-order valence-corrected chi connectivity index (χ4v) is 4.38. The van der Waals surface area contributed by atoms with Crippen molar-refractivity contribution in [2.45, 2.75) is 0 Å². The summed E-state index contributed by atoms with van der Waals surface area (Å²) < 4.78 is 11.8. The van der Waals surface area contributed by atoms with Crippen LogP contribution in [0.3, 0.4) is 0 Å². The largest absolute Gasteiger partial charge is 0.494 e. The average Bonchev–Trinajstić information content (AvgIpc) is 3.07. The first kappa shape index (κ1) is 18.1. The maximum atomic E-state index is 12.8. The maximum absolute atomic E-state index is 12.8. The molecule has 2 heterocycles. The fraction of sp³-hybridized carbons (Fsp3) is 0.250. The Labute approximate surface area is 166 Å². The summed E-state index contributed by atoms with van der Waals surface area (Å²) in [5.41, 5.74) is 1.87. The van der Waals surface area contributed by atoms with Crippen LogP contribution in [0, 0.1) is 0 Å². The molecule has 0 spiro atoms. The number of rotatable bonds is 4. The lowest BCUT2D eigenvalue weighted by molar-refractivity contribution is 0.102. The number of nitrogens with one attached hydrogen (secondary N) is 1. The van der Waals surface area contributed by atoms with Gasteiger partial charge in [-0.3, -0.25) is 4.79 Å². The van der Waals surface area contributed by atoms with Gasteiger partial charge in [-0.05, 0) is 42.5 Å². The molecular formula is C20H19ClN2O3S. The Balaban J connectivity index is 1.54. The van der Waals surface area contributed by atoms with Gasteiger partial charge in [0, 0.05) is 39.6 Å². The lowest BCUT2D eigenvalue weighted by Gasteiger charge is -2.28. The predicted octanol–water partition coefficient (Wildman–Crippen LogP) is 4.65. The summed E-state index contributed by atoms with van der Waals surface area (Å²) in [7, 11) is 1.57. The van der Waals surface area contributed by atoms with Crippen LogP contribution in [0.4, 0.5) is 11.4 Å². The van der Waals surface area contributed by atoms with Gasteiger partial charge in [0.25, 0.3) is 5.91 Å². The summed E-state index contributed by atoms with van der Waals surface area (Å²) in [4.78, 5) is 15.6. The van der Waals surface area contributed by atoms with E-state index in [-0.39, 0.29) is 5.91 Å². The van der Waals surface area contributed by atoms with Crippen molar-refractivity contribution in [2.75, 3.05) is 43.6 Å². The molecule has 1 aliphatic rings. The van der Waals surface area contributed by atoms with Gasteiger partial charge in [-0.25, -0.2) is 0 Å². The maximum Gasteiger partial charge on any atom is 0.269 e. The van der Waals surface area contributed by atoms with Crippen LogP contribution >= 0.6 is 22.9 Å². The van der Waals surface area contributed by atoms with Crippen molar-refractivity contribution >= 4 is 50.3 Å². The molecule has 1 aliphatic heterocycles. The molecule has 0 atom stereocenters. The Morgan fingerprint density at radius 2 is 1.93 bits per heavy atom. The minimum absolute atomic E-state index is 0.191. The first-order valence-electron chi connectivity index (χ1n) is 8.66. The molecule has 1 N–H and O–H groups in total. The zero-order chi connectivity index (χ0) is 18.8. The number of thiophene rings is 1. The Morgan fingerprint density at radius 1 is 1.19 bits per heavy atom. The van der Waals surface area contributed by atoms with E-state index in [4.69, 9.17) is 21.1 Å². The van der Waals surface area contributed by atoms with Gasteiger partial charge in [-0.2, -0.15) is 0 Å². The van der Waals surface area contributed by atoms with Crippen molar-refractivity contribution in [1.82, 2.24) is 0 Å². The number of amides is 1. The fourth-order valence-electron chi connectivity index (χ4n) is 3.16. The number of morpholine rings is 1. The number of benzene rings is 2. The lowest BCUT2D eigenvalue weighted by atomic mass is 10.2. The smallest absolute Gasteiger partial charge is 0.269 e. The second-order valence-corrected chi connectivity index (χ2v) is 7.69. The number of nitrogens with zero attached hydrogens (tertiary/aromatic N) is 1. The standard InChI is InChI=1S/C20H19ClN2O3S/c1-25-18-16-12-13(21)2-7-17(16)27-19(18)20(24)22-14-3-5-15(6-4-14)23-8-10-26-11-9-23/h2-7,12H,8-11H2,1H3,(H,22,24). The summed E-state index contributed by atoms with van der Waals surface area (Å²) >= 11 is 7.47. The van der Waals surface area contributed by atoms with Gasteiger partial charge in [0.05, 0.1) is 20.3 Å². The van der Waals surface area contributed by atoms with Crippen LogP contribution in [0.25, 0.3) is 10.1 Å². The first-order chi connectivity index (χ1) is 13.2. The number of methoxy groups -OCH3 is 1. The number of anilines is 2. The Kier molecular flexibility index (Phi) is 5.20. The van der Waals surface area contributed by atoms with E-state index in [1.54, 1.807) is 7.11 Å². The van der Waals surface area contributed by atoms with E-state index in [9.17, 15) is 4.79 Å². The van der Waals surface area contributed by atoms with Crippen LogP contribution in [0.15, 0.2) is 42.5 Å². The predicted molar refractivity (Wildman–Crippen MR) is 111 cm³/mol. The Bertz CT molecular complexity index is 965. The van der Waals surface area contributed by atoms with E-state index in [0.717, 1.165) is 47.8 Å². The van der Waals surface area contributed by atoms with Crippen molar-refractivity contribution in [3.05, 3.63) is 52.4 Å². The van der Waals surface area contributed by atoms with E-state index < -0.39 is 0 Å². The third-order valence-corrected chi connectivity index (χ3v) is 5.90. The topological polar surface area (TPSA) is 50.8 Å².